The van der Waals surface area contributed by atoms with E-state index in [0.29, 0.717) is 11.4 Å². The number of alkyl halides is 2. The SMILES string of the molecule is O=C(Nc1ccccc1-n1cccn1)C(F)F. The van der Waals surface area contributed by atoms with Gasteiger partial charge in [-0.25, -0.2) is 4.68 Å². The average molecular weight is 237 g/mol. The van der Waals surface area contributed by atoms with Crippen LogP contribution in [0.3, 0.4) is 0 Å². The summed E-state index contributed by atoms with van der Waals surface area (Å²) in [5.74, 6) is -1.33. The first kappa shape index (κ1) is 11.3. The number of halogens is 2. The Balaban J connectivity index is 2.32. The van der Waals surface area contributed by atoms with Crippen LogP contribution in [-0.4, -0.2) is 22.1 Å². The predicted octanol–water partition coefficient (Wildman–Crippen LogP) is 2.08. The van der Waals surface area contributed by atoms with Crippen molar-refractivity contribution >= 4 is 11.6 Å². The molecule has 1 aromatic carbocycles. The van der Waals surface area contributed by atoms with Crippen molar-refractivity contribution in [3.05, 3.63) is 42.7 Å². The van der Waals surface area contributed by atoms with E-state index in [1.165, 1.54) is 10.7 Å². The Morgan fingerprint density at radius 2 is 2.06 bits per heavy atom. The van der Waals surface area contributed by atoms with Crippen molar-refractivity contribution in [2.24, 2.45) is 0 Å². The molecule has 0 spiro atoms. The zero-order valence-electron chi connectivity index (χ0n) is 8.68. The van der Waals surface area contributed by atoms with Gasteiger partial charge in [0.2, 0.25) is 0 Å². The maximum absolute atomic E-state index is 12.2. The van der Waals surface area contributed by atoms with E-state index < -0.39 is 12.3 Å². The molecule has 1 heterocycles. The second kappa shape index (κ2) is 4.73. The van der Waals surface area contributed by atoms with E-state index in [-0.39, 0.29) is 0 Å². The Hall–Kier alpha value is -2.24. The highest BCUT2D eigenvalue weighted by molar-refractivity contribution is 5.94. The highest BCUT2D eigenvalue weighted by Gasteiger charge is 2.16. The van der Waals surface area contributed by atoms with Crippen molar-refractivity contribution in [3.63, 3.8) is 0 Å². The second-order valence-electron chi connectivity index (χ2n) is 3.26. The van der Waals surface area contributed by atoms with Crippen LogP contribution in [0.15, 0.2) is 42.7 Å². The van der Waals surface area contributed by atoms with Gasteiger partial charge in [-0.3, -0.25) is 4.79 Å². The Morgan fingerprint density at radius 3 is 2.71 bits per heavy atom. The number of aromatic nitrogens is 2. The van der Waals surface area contributed by atoms with Gasteiger partial charge in [-0.1, -0.05) is 12.1 Å². The van der Waals surface area contributed by atoms with Crippen molar-refractivity contribution in [1.29, 1.82) is 0 Å². The topological polar surface area (TPSA) is 46.9 Å². The Kier molecular flexibility index (Phi) is 3.13. The van der Waals surface area contributed by atoms with Gasteiger partial charge in [0.05, 0.1) is 11.4 Å². The quantitative estimate of drug-likeness (QED) is 0.888. The van der Waals surface area contributed by atoms with E-state index in [0.717, 1.165) is 0 Å². The maximum Gasteiger partial charge on any atom is 0.315 e. The number of nitrogens with one attached hydrogen (secondary N) is 1. The van der Waals surface area contributed by atoms with Crippen LogP contribution >= 0.6 is 0 Å². The lowest BCUT2D eigenvalue weighted by Gasteiger charge is -2.10. The number of hydrogen-bond donors (Lipinski definition) is 1. The second-order valence-corrected chi connectivity index (χ2v) is 3.26. The van der Waals surface area contributed by atoms with Gasteiger partial charge in [0.25, 0.3) is 5.91 Å². The molecule has 6 heteroatoms. The summed E-state index contributed by atoms with van der Waals surface area (Å²) in [4.78, 5) is 10.9. The molecule has 1 aromatic heterocycles. The first-order valence-electron chi connectivity index (χ1n) is 4.86. The third kappa shape index (κ3) is 2.47. The lowest BCUT2D eigenvalue weighted by Crippen LogP contribution is -2.21. The number of benzene rings is 1. The number of rotatable bonds is 3. The molecule has 0 radical (unpaired) electrons. The first-order valence-corrected chi connectivity index (χ1v) is 4.86. The molecule has 1 amide bonds. The van der Waals surface area contributed by atoms with Gasteiger partial charge < -0.3 is 5.32 Å². The molecule has 0 saturated carbocycles. The van der Waals surface area contributed by atoms with Gasteiger partial charge in [0, 0.05) is 12.4 Å². The largest absolute Gasteiger partial charge is 0.319 e. The fraction of sp³-hybridized carbons (Fsp3) is 0.0909. The van der Waals surface area contributed by atoms with Crippen LogP contribution in [0.1, 0.15) is 0 Å². The summed E-state index contributed by atoms with van der Waals surface area (Å²) >= 11 is 0. The summed E-state index contributed by atoms with van der Waals surface area (Å²) in [5, 5.41) is 6.13. The molecule has 1 N–H and O–H groups in total. The van der Waals surface area contributed by atoms with E-state index >= 15 is 0 Å². The van der Waals surface area contributed by atoms with Crippen LogP contribution in [-0.2, 0) is 4.79 Å². The molecule has 0 atom stereocenters. The summed E-state index contributed by atoms with van der Waals surface area (Å²) in [6.07, 6.45) is 0.180. The molecule has 2 rings (SSSR count). The third-order valence-corrected chi connectivity index (χ3v) is 2.11. The summed E-state index contributed by atoms with van der Waals surface area (Å²) in [6, 6.07) is 8.29. The number of carbonyl (C=O) groups is 1. The summed E-state index contributed by atoms with van der Waals surface area (Å²) in [5.41, 5.74) is 0.827. The van der Waals surface area contributed by atoms with Crippen molar-refractivity contribution in [2.45, 2.75) is 6.43 Å². The van der Waals surface area contributed by atoms with E-state index in [2.05, 4.69) is 10.4 Å². The molecule has 4 nitrogen and oxygen atoms in total. The Bertz CT molecular complexity index is 511. The van der Waals surface area contributed by atoms with E-state index in [4.69, 9.17) is 0 Å². The molecule has 0 aliphatic heterocycles. The molecule has 17 heavy (non-hydrogen) atoms. The van der Waals surface area contributed by atoms with Gasteiger partial charge in [-0.05, 0) is 18.2 Å². The van der Waals surface area contributed by atoms with Crippen molar-refractivity contribution in [3.8, 4) is 5.69 Å². The van der Waals surface area contributed by atoms with Crippen molar-refractivity contribution in [1.82, 2.24) is 9.78 Å². The number of para-hydroxylation sites is 2. The molecule has 0 unspecified atom stereocenters. The van der Waals surface area contributed by atoms with Gasteiger partial charge >= 0.3 is 6.43 Å². The van der Waals surface area contributed by atoms with Crippen LogP contribution in [0.4, 0.5) is 14.5 Å². The lowest BCUT2D eigenvalue weighted by atomic mass is 10.2. The molecular weight excluding hydrogens is 228 g/mol. The fourth-order valence-corrected chi connectivity index (χ4v) is 1.38. The first-order chi connectivity index (χ1) is 8.18. The van der Waals surface area contributed by atoms with E-state index in [9.17, 15) is 13.6 Å². The third-order valence-electron chi connectivity index (χ3n) is 2.11. The van der Waals surface area contributed by atoms with Gasteiger partial charge in [0.15, 0.2) is 0 Å². The van der Waals surface area contributed by atoms with Crippen LogP contribution in [0, 0.1) is 0 Å². The predicted molar refractivity (Wildman–Crippen MR) is 58.2 cm³/mol. The minimum absolute atomic E-state index is 0.293. The Morgan fingerprint density at radius 1 is 1.29 bits per heavy atom. The van der Waals surface area contributed by atoms with Crippen LogP contribution in [0.2, 0.25) is 0 Å². The average Bonchev–Trinajstić information content (AvgIpc) is 2.83. The zero-order chi connectivity index (χ0) is 12.3. The molecule has 88 valence electrons. The van der Waals surface area contributed by atoms with Crippen molar-refractivity contribution in [2.75, 3.05) is 5.32 Å². The zero-order valence-corrected chi connectivity index (χ0v) is 8.68. The smallest absolute Gasteiger partial charge is 0.315 e. The van der Waals surface area contributed by atoms with Crippen molar-refractivity contribution < 1.29 is 13.6 Å². The molecule has 2 aromatic rings. The summed E-state index contributed by atoms with van der Waals surface area (Å²) in [6.45, 7) is 0. The number of nitrogens with zero attached hydrogens (tertiary/aromatic N) is 2. The van der Waals surface area contributed by atoms with Crippen LogP contribution in [0.25, 0.3) is 5.69 Å². The highest BCUT2D eigenvalue weighted by atomic mass is 19.3. The van der Waals surface area contributed by atoms with Crippen LogP contribution < -0.4 is 5.32 Å². The van der Waals surface area contributed by atoms with Gasteiger partial charge in [-0.2, -0.15) is 13.9 Å². The molecule has 0 fully saturated rings. The standard InChI is InChI=1S/C11H9F2N3O/c12-10(13)11(17)15-8-4-1-2-5-9(8)16-7-3-6-14-16/h1-7,10H,(H,15,17). The molecule has 0 saturated heterocycles. The van der Waals surface area contributed by atoms with E-state index in [1.54, 1.807) is 36.7 Å². The molecule has 0 bridgehead atoms. The molecular formula is C11H9F2N3O. The Labute approximate surface area is 95.9 Å². The van der Waals surface area contributed by atoms with E-state index in [1.807, 2.05) is 0 Å². The lowest BCUT2D eigenvalue weighted by molar-refractivity contribution is -0.126. The number of carbonyl (C=O) groups excluding carboxylic acids is 1. The number of hydrogen-bond acceptors (Lipinski definition) is 2. The minimum atomic E-state index is -3.04. The van der Waals surface area contributed by atoms with Gasteiger partial charge in [0.1, 0.15) is 0 Å². The number of amides is 1. The maximum atomic E-state index is 12.2. The normalized spacial score (nSPS) is 10.5. The fourth-order valence-electron chi connectivity index (χ4n) is 1.38. The van der Waals surface area contributed by atoms with Crippen LogP contribution in [0.5, 0.6) is 0 Å². The molecule has 0 aliphatic carbocycles. The minimum Gasteiger partial charge on any atom is -0.319 e. The summed E-state index contributed by atoms with van der Waals surface area (Å²) in [7, 11) is 0. The monoisotopic (exact) mass is 237 g/mol. The molecule has 0 aliphatic rings. The summed E-state index contributed by atoms with van der Waals surface area (Å²) < 4.78 is 25.8. The number of anilines is 1. The van der Waals surface area contributed by atoms with Gasteiger partial charge in [-0.15, -0.1) is 0 Å². The highest BCUT2D eigenvalue weighted by Crippen LogP contribution is 2.19.